The molecule has 40 heavy (non-hydrogen) atoms. The number of carbonyl (C=O) groups excluding carboxylic acids is 3. The fourth-order valence-electron chi connectivity index (χ4n) is 6.45. The molecular weight excluding hydrogens is 540 g/mol. The number of nitriles is 1. The van der Waals surface area contributed by atoms with Gasteiger partial charge in [-0.15, -0.1) is 0 Å². The molecule has 0 unspecified atom stereocenters. The van der Waals surface area contributed by atoms with Crippen molar-refractivity contribution in [3.63, 3.8) is 0 Å². The summed E-state index contributed by atoms with van der Waals surface area (Å²) in [5.74, 6) is -0.592. The second-order valence-corrected chi connectivity index (χ2v) is 11.9. The van der Waals surface area contributed by atoms with Crippen LogP contribution in [-0.2, 0) is 15.0 Å². The Morgan fingerprint density at radius 1 is 1.18 bits per heavy atom. The zero-order valence-electron chi connectivity index (χ0n) is 21.7. The van der Waals surface area contributed by atoms with Crippen molar-refractivity contribution in [1.29, 1.82) is 5.26 Å². The molecule has 1 saturated heterocycles. The van der Waals surface area contributed by atoms with Crippen molar-refractivity contribution < 1.29 is 23.2 Å². The molecule has 3 heterocycles. The third-order valence-corrected chi connectivity index (χ3v) is 9.11. The number of pyridine rings is 1. The summed E-state index contributed by atoms with van der Waals surface area (Å²) in [6, 6.07) is 10.9. The summed E-state index contributed by atoms with van der Waals surface area (Å²) in [6.45, 7) is 1.11. The van der Waals surface area contributed by atoms with Crippen molar-refractivity contribution >= 4 is 35.0 Å². The minimum Gasteiger partial charge on any atom is -0.349 e. The summed E-state index contributed by atoms with van der Waals surface area (Å²) in [5, 5.41) is 12.4. The van der Waals surface area contributed by atoms with E-state index in [0.29, 0.717) is 45.3 Å². The largest absolute Gasteiger partial charge is 0.349 e. The van der Waals surface area contributed by atoms with Gasteiger partial charge in [0.1, 0.15) is 16.5 Å². The molecule has 6 rings (SSSR count). The number of nitrogens with zero attached hydrogens (tertiary/aromatic N) is 4. The molecule has 8 nitrogen and oxygen atoms in total. The number of benzene rings is 1. The van der Waals surface area contributed by atoms with Crippen LogP contribution in [0.25, 0.3) is 0 Å². The number of nitrogens with one attached hydrogen (secondary N) is 1. The van der Waals surface area contributed by atoms with Crippen molar-refractivity contribution in [3.05, 3.63) is 58.4 Å². The van der Waals surface area contributed by atoms with Gasteiger partial charge in [0.2, 0.25) is 11.8 Å². The van der Waals surface area contributed by atoms with Crippen molar-refractivity contribution in [1.82, 2.24) is 15.2 Å². The van der Waals surface area contributed by atoms with Crippen LogP contribution >= 0.6 is 11.6 Å². The summed E-state index contributed by atoms with van der Waals surface area (Å²) in [7, 11) is 0. The molecule has 208 valence electrons. The molecule has 1 spiro atoms. The van der Waals surface area contributed by atoms with Crippen LogP contribution in [0.15, 0.2) is 36.5 Å². The lowest BCUT2D eigenvalue weighted by Crippen LogP contribution is -2.66. The molecule has 2 aromatic rings. The number of rotatable bonds is 6. The SMILES string of the molecule is N#CC1(C(=O)N2CC3(C2)C(=O)N(C[C@H]2CC[C@H](NC(=O)c4cc(Cl)cnc4C(F)F)CC2)c2ccccc23)CC1. The van der Waals surface area contributed by atoms with Gasteiger partial charge >= 0.3 is 0 Å². The summed E-state index contributed by atoms with van der Waals surface area (Å²) in [4.78, 5) is 46.6. The first-order valence-electron chi connectivity index (χ1n) is 13.5. The van der Waals surface area contributed by atoms with Crippen molar-refractivity contribution in [2.24, 2.45) is 11.3 Å². The van der Waals surface area contributed by atoms with Crippen molar-refractivity contribution in [3.8, 4) is 6.07 Å². The third-order valence-electron chi connectivity index (χ3n) is 8.91. The van der Waals surface area contributed by atoms with E-state index in [9.17, 15) is 28.4 Å². The smallest absolute Gasteiger partial charge is 0.281 e. The maximum absolute atomic E-state index is 13.8. The molecule has 1 aromatic heterocycles. The minimum atomic E-state index is -2.89. The number of anilines is 1. The fraction of sp³-hybridized carbons (Fsp3) is 0.483. The zero-order chi connectivity index (χ0) is 28.2. The van der Waals surface area contributed by atoms with Crippen LogP contribution in [0.4, 0.5) is 14.5 Å². The fourth-order valence-corrected chi connectivity index (χ4v) is 6.61. The van der Waals surface area contributed by atoms with E-state index >= 15 is 0 Å². The molecule has 2 saturated carbocycles. The number of amides is 3. The monoisotopic (exact) mass is 567 g/mol. The molecule has 0 bridgehead atoms. The summed E-state index contributed by atoms with van der Waals surface area (Å²) < 4.78 is 26.7. The lowest BCUT2D eigenvalue weighted by atomic mass is 9.74. The van der Waals surface area contributed by atoms with E-state index in [1.54, 1.807) is 4.90 Å². The maximum Gasteiger partial charge on any atom is 0.281 e. The van der Waals surface area contributed by atoms with Crippen LogP contribution in [0.5, 0.6) is 0 Å². The Labute approximate surface area is 235 Å². The second-order valence-electron chi connectivity index (χ2n) is 11.4. The van der Waals surface area contributed by atoms with E-state index < -0.39 is 28.9 Å². The number of hydrogen-bond donors (Lipinski definition) is 1. The highest BCUT2D eigenvalue weighted by molar-refractivity contribution is 6.30. The quantitative estimate of drug-likeness (QED) is 0.557. The zero-order valence-corrected chi connectivity index (χ0v) is 22.5. The standard InChI is InChI=1S/C29H28ClF2N5O3/c30-18-11-20(23(24(31)32)34-12-18)25(38)35-19-7-5-17(6-8-19)13-37-22-4-2-1-3-21(22)29(27(37)40)15-36(16-29)26(39)28(14-33)9-10-28/h1-4,11-12,17,19,24H,5-10,13,15-16H2,(H,35,38)/t17-,19-. The molecule has 2 aliphatic carbocycles. The van der Waals surface area contributed by atoms with E-state index in [2.05, 4.69) is 16.4 Å². The first-order chi connectivity index (χ1) is 19.2. The number of fused-ring (bicyclic) bond motifs is 2. The average molecular weight is 568 g/mol. The van der Waals surface area contributed by atoms with Gasteiger partial charge in [-0.3, -0.25) is 19.4 Å². The van der Waals surface area contributed by atoms with Crippen LogP contribution in [0.3, 0.4) is 0 Å². The highest BCUT2D eigenvalue weighted by Crippen LogP contribution is 2.52. The highest BCUT2D eigenvalue weighted by atomic mass is 35.5. The summed E-state index contributed by atoms with van der Waals surface area (Å²) >= 11 is 5.89. The lowest BCUT2D eigenvalue weighted by molar-refractivity contribution is -0.147. The molecule has 0 atom stereocenters. The molecule has 4 aliphatic rings. The Bertz CT molecular complexity index is 1420. The van der Waals surface area contributed by atoms with Gasteiger partial charge in [-0.25, -0.2) is 8.78 Å². The van der Waals surface area contributed by atoms with E-state index in [0.717, 1.165) is 30.3 Å². The number of carbonyl (C=O) groups is 3. The van der Waals surface area contributed by atoms with Crippen LogP contribution in [0.2, 0.25) is 5.02 Å². The molecule has 2 aliphatic heterocycles. The molecule has 1 aromatic carbocycles. The topological polar surface area (TPSA) is 106 Å². The molecule has 1 N–H and O–H groups in total. The first-order valence-corrected chi connectivity index (χ1v) is 13.9. The minimum absolute atomic E-state index is 0.0111. The van der Waals surface area contributed by atoms with Gasteiger partial charge in [0.05, 0.1) is 16.7 Å². The van der Waals surface area contributed by atoms with Crippen LogP contribution in [0, 0.1) is 22.7 Å². The Balaban J connectivity index is 1.09. The highest BCUT2D eigenvalue weighted by Gasteiger charge is 2.63. The van der Waals surface area contributed by atoms with Crippen LogP contribution in [0.1, 0.15) is 66.6 Å². The Morgan fingerprint density at radius 2 is 1.88 bits per heavy atom. The number of para-hydroxylation sites is 1. The van der Waals surface area contributed by atoms with Gasteiger partial charge in [0.15, 0.2) is 0 Å². The number of hydrogen-bond acceptors (Lipinski definition) is 5. The number of likely N-dealkylation sites (tertiary alicyclic amines) is 1. The Morgan fingerprint density at radius 3 is 2.52 bits per heavy atom. The van der Waals surface area contributed by atoms with E-state index in [4.69, 9.17) is 11.6 Å². The Hall–Kier alpha value is -3.58. The van der Waals surface area contributed by atoms with Gasteiger partial charge in [-0.1, -0.05) is 29.8 Å². The molecular formula is C29H28ClF2N5O3. The van der Waals surface area contributed by atoms with Crippen LogP contribution in [-0.4, -0.2) is 53.3 Å². The molecule has 3 amide bonds. The van der Waals surface area contributed by atoms with Gasteiger partial charge in [-0.05, 0) is 62.1 Å². The normalized spacial score (nSPS) is 23.9. The average Bonchev–Trinajstić information content (AvgIpc) is 3.69. The predicted molar refractivity (Wildman–Crippen MR) is 142 cm³/mol. The number of alkyl halides is 2. The first kappa shape index (κ1) is 26.6. The van der Waals surface area contributed by atoms with E-state index in [-0.39, 0.29) is 34.4 Å². The molecule has 0 radical (unpaired) electrons. The maximum atomic E-state index is 13.8. The number of halogens is 3. The molecule has 11 heteroatoms. The lowest BCUT2D eigenvalue weighted by Gasteiger charge is -2.47. The number of aromatic nitrogens is 1. The molecule has 3 fully saturated rings. The summed E-state index contributed by atoms with van der Waals surface area (Å²) in [6.07, 6.45) is 2.19. The van der Waals surface area contributed by atoms with Crippen molar-refractivity contribution in [2.75, 3.05) is 24.5 Å². The summed E-state index contributed by atoms with van der Waals surface area (Å²) in [5.41, 5.74) is -0.685. The van der Waals surface area contributed by atoms with E-state index in [1.807, 2.05) is 29.2 Å². The van der Waals surface area contributed by atoms with Gasteiger partial charge in [-0.2, -0.15) is 5.26 Å². The third kappa shape index (κ3) is 4.31. The van der Waals surface area contributed by atoms with E-state index in [1.165, 1.54) is 6.07 Å². The van der Waals surface area contributed by atoms with Gasteiger partial charge < -0.3 is 15.1 Å². The van der Waals surface area contributed by atoms with Gasteiger partial charge in [0, 0.05) is 37.6 Å². The second kappa shape index (κ2) is 9.81. The van der Waals surface area contributed by atoms with Crippen LogP contribution < -0.4 is 10.2 Å². The van der Waals surface area contributed by atoms with Gasteiger partial charge in [0.25, 0.3) is 12.3 Å². The predicted octanol–water partition coefficient (Wildman–Crippen LogP) is 4.39. The van der Waals surface area contributed by atoms with Crippen molar-refractivity contribution in [2.45, 2.75) is 56.4 Å². The Kier molecular flexibility index (Phi) is 6.53.